The van der Waals surface area contributed by atoms with Crippen LogP contribution < -0.4 is 0 Å². The van der Waals surface area contributed by atoms with E-state index in [0.29, 0.717) is 5.15 Å². The van der Waals surface area contributed by atoms with E-state index in [0.717, 1.165) is 10.2 Å². The van der Waals surface area contributed by atoms with Gasteiger partial charge in [-0.2, -0.15) is 0 Å². The van der Waals surface area contributed by atoms with E-state index in [-0.39, 0.29) is 0 Å². The van der Waals surface area contributed by atoms with Crippen molar-refractivity contribution in [3.63, 3.8) is 0 Å². The van der Waals surface area contributed by atoms with Crippen molar-refractivity contribution in [1.82, 2.24) is 4.98 Å². The van der Waals surface area contributed by atoms with Gasteiger partial charge >= 0.3 is 0 Å². The molecule has 0 atom stereocenters. The van der Waals surface area contributed by atoms with Crippen molar-refractivity contribution >= 4 is 64.8 Å². The third-order valence-electron chi connectivity index (χ3n) is 4.41. The Morgan fingerprint density at radius 1 is 0.913 bits per heavy atom. The van der Waals surface area contributed by atoms with Crippen molar-refractivity contribution in [1.29, 1.82) is 0 Å². The molecule has 0 unspecified atom stereocenters. The average Bonchev–Trinajstić information content (AvgIpc) is 2.95. The van der Waals surface area contributed by atoms with Crippen LogP contribution in [0.1, 0.15) is 5.56 Å². The van der Waals surface area contributed by atoms with Gasteiger partial charge in [0.2, 0.25) is 0 Å². The molecule has 1 nitrogen and oxygen atoms in total. The molecule has 23 heavy (non-hydrogen) atoms. The number of aromatic nitrogens is 1. The quantitative estimate of drug-likeness (QED) is 0.287. The Morgan fingerprint density at radius 3 is 2.70 bits per heavy atom. The summed E-state index contributed by atoms with van der Waals surface area (Å²) < 4.78 is 2.34. The van der Waals surface area contributed by atoms with Crippen LogP contribution in [-0.4, -0.2) is 4.98 Å². The van der Waals surface area contributed by atoms with E-state index in [1.54, 1.807) is 11.3 Å². The normalized spacial score (nSPS) is 11.9. The molecule has 3 aromatic carbocycles. The van der Waals surface area contributed by atoms with Crippen molar-refractivity contribution in [2.75, 3.05) is 0 Å². The van der Waals surface area contributed by atoms with Gasteiger partial charge in [0.05, 0.1) is 10.2 Å². The molecule has 0 fully saturated rings. The maximum Gasteiger partial charge on any atom is 0.147 e. The van der Waals surface area contributed by atoms with Crippen LogP contribution in [0.2, 0.25) is 5.15 Å². The summed E-state index contributed by atoms with van der Waals surface area (Å²) in [5.41, 5.74) is 2.17. The predicted molar refractivity (Wildman–Crippen MR) is 102 cm³/mol. The highest BCUT2D eigenvalue weighted by atomic mass is 35.5. The molecular weight excluding hydrogens is 322 g/mol. The van der Waals surface area contributed by atoms with Crippen LogP contribution in [0.5, 0.6) is 0 Å². The number of nitrogens with zero attached hydrogens (tertiary/aromatic N) is 1. The van der Waals surface area contributed by atoms with Crippen molar-refractivity contribution in [3.8, 4) is 0 Å². The minimum absolute atomic E-state index is 0.600. The molecule has 0 N–H and O–H groups in total. The zero-order valence-electron chi connectivity index (χ0n) is 12.4. The lowest BCUT2D eigenvalue weighted by atomic mass is 10.0. The highest BCUT2D eigenvalue weighted by molar-refractivity contribution is 7.26. The summed E-state index contributed by atoms with van der Waals surface area (Å²) in [6.07, 6.45) is 0. The Morgan fingerprint density at radius 2 is 1.78 bits per heavy atom. The number of thiophene rings is 1. The van der Waals surface area contributed by atoms with Crippen LogP contribution in [-0.2, 0) is 0 Å². The molecule has 5 rings (SSSR count). The van der Waals surface area contributed by atoms with Crippen molar-refractivity contribution in [2.45, 2.75) is 6.92 Å². The number of hydrogen-bond acceptors (Lipinski definition) is 2. The molecule has 5 aromatic rings. The molecule has 0 saturated carbocycles. The smallest absolute Gasteiger partial charge is 0.147 e. The van der Waals surface area contributed by atoms with Crippen LogP contribution in [0.4, 0.5) is 0 Å². The van der Waals surface area contributed by atoms with E-state index in [4.69, 9.17) is 11.6 Å². The van der Waals surface area contributed by atoms with Crippen LogP contribution >= 0.6 is 22.9 Å². The molecule has 0 spiro atoms. The van der Waals surface area contributed by atoms with Gasteiger partial charge in [-0.05, 0) is 35.4 Å². The Labute approximate surface area is 142 Å². The van der Waals surface area contributed by atoms with Gasteiger partial charge in [-0.25, -0.2) is 4.98 Å². The Hall–Kier alpha value is -2.16. The fourth-order valence-corrected chi connectivity index (χ4v) is 4.79. The lowest BCUT2D eigenvalue weighted by molar-refractivity contribution is 1.42. The Balaban J connectivity index is 2.16. The molecule has 0 saturated heterocycles. The van der Waals surface area contributed by atoms with Gasteiger partial charge in [0.1, 0.15) is 5.15 Å². The third kappa shape index (κ3) is 1.82. The largest absolute Gasteiger partial charge is 0.235 e. The van der Waals surface area contributed by atoms with Gasteiger partial charge in [-0.15, -0.1) is 11.3 Å². The molecule has 0 aliphatic rings. The minimum atomic E-state index is 0.600. The molecule has 110 valence electrons. The summed E-state index contributed by atoms with van der Waals surface area (Å²) in [6, 6.07) is 19.3. The number of rotatable bonds is 0. The maximum absolute atomic E-state index is 6.51. The summed E-state index contributed by atoms with van der Waals surface area (Å²) in [5, 5.41) is 6.84. The average molecular weight is 334 g/mol. The first kappa shape index (κ1) is 13.3. The second-order valence-electron chi connectivity index (χ2n) is 5.89. The van der Waals surface area contributed by atoms with Crippen LogP contribution in [0, 0.1) is 6.92 Å². The highest BCUT2D eigenvalue weighted by Gasteiger charge is 2.15. The van der Waals surface area contributed by atoms with Gasteiger partial charge in [0, 0.05) is 20.9 Å². The van der Waals surface area contributed by atoms with Gasteiger partial charge in [0.15, 0.2) is 0 Å². The first-order valence-electron chi connectivity index (χ1n) is 7.52. The fraction of sp³-hybridized carbons (Fsp3) is 0.0500. The van der Waals surface area contributed by atoms with E-state index < -0.39 is 0 Å². The minimum Gasteiger partial charge on any atom is -0.235 e. The van der Waals surface area contributed by atoms with E-state index >= 15 is 0 Å². The fourth-order valence-electron chi connectivity index (χ4n) is 3.37. The molecule has 2 heterocycles. The second kappa shape index (κ2) is 4.67. The van der Waals surface area contributed by atoms with E-state index in [1.165, 1.54) is 37.2 Å². The van der Waals surface area contributed by atoms with Gasteiger partial charge in [0.25, 0.3) is 0 Å². The number of benzene rings is 3. The van der Waals surface area contributed by atoms with Crippen LogP contribution in [0.3, 0.4) is 0 Å². The number of pyridine rings is 1. The number of aryl methyl sites for hydroxylation is 1. The summed E-state index contributed by atoms with van der Waals surface area (Å²) in [7, 11) is 0. The van der Waals surface area contributed by atoms with E-state index in [1.807, 2.05) is 0 Å². The third-order valence-corrected chi connectivity index (χ3v) is 5.96. The van der Waals surface area contributed by atoms with Crippen LogP contribution in [0.15, 0.2) is 54.6 Å². The molecule has 0 bridgehead atoms. The van der Waals surface area contributed by atoms with E-state index in [2.05, 4.69) is 66.5 Å². The van der Waals surface area contributed by atoms with Crippen molar-refractivity contribution in [3.05, 3.63) is 65.3 Å². The van der Waals surface area contributed by atoms with Crippen LogP contribution in [0.25, 0.3) is 41.8 Å². The van der Waals surface area contributed by atoms with E-state index in [9.17, 15) is 0 Å². The summed E-state index contributed by atoms with van der Waals surface area (Å²) in [6.45, 7) is 2.08. The molecule has 3 heteroatoms. The van der Waals surface area contributed by atoms with Gasteiger partial charge in [-0.1, -0.05) is 54.1 Å². The standard InChI is InChI=1S/C20H12ClNS/c1-11-6-8-14-15(10-11)22-20(21)19-18(14)17-13-5-3-2-4-12(13)7-9-16(17)23-19/h2-10H,1H3. The summed E-state index contributed by atoms with van der Waals surface area (Å²) in [5.74, 6) is 0. The zero-order chi connectivity index (χ0) is 15.6. The Kier molecular flexibility index (Phi) is 2.70. The second-order valence-corrected chi connectivity index (χ2v) is 7.30. The molecular formula is C20H12ClNS. The first-order chi connectivity index (χ1) is 11.2. The molecule has 0 amide bonds. The number of fused-ring (bicyclic) bond motifs is 7. The molecule has 2 aromatic heterocycles. The number of halogens is 1. The lowest BCUT2D eigenvalue weighted by Crippen LogP contribution is -1.83. The monoisotopic (exact) mass is 333 g/mol. The molecule has 0 radical (unpaired) electrons. The predicted octanol–water partition coefficient (Wildman–Crippen LogP) is 6.72. The molecule has 0 aliphatic heterocycles. The summed E-state index contributed by atoms with van der Waals surface area (Å²) >= 11 is 8.24. The van der Waals surface area contributed by atoms with Crippen molar-refractivity contribution < 1.29 is 0 Å². The maximum atomic E-state index is 6.51. The topological polar surface area (TPSA) is 12.9 Å². The SMILES string of the molecule is Cc1ccc2c(c1)nc(Cl)c1sc3ccc4ccccc4c3c12. The van der Waals surface area contributed by atoms with Gasteiger partial charge < -0.3 is 0 Å². The first-order valence-corrected chi connectivity index (χ1v) is 8.71. The van der Waals surface area contributed by atoms with Crippen molar-refractivity contribution in [2.24, 2.45) is 0 Å². The number of hydrogen-bond donors (Lipinski definition) is 0. The Bertz CT molecular complexity index is 1240. The van der Waals surface area contributed by atoms with Gasteiger partial charge in [-0.3, -0.25) is 0 Å². The lowest BCUT2D eigenvalue weighted by Gasteiger charge is -2.05. The zero-order valence-corrected chi connectivity index (χ0v) is 14.0. The summed E-state index contributed by atoms with van der Waals surface area (Å²) in [4.78, 5) is 4.62. The highest BCUT2D eigenvalue weighted by Crippen LogP contribution is 2.43. The molecule has 0 aliphatic carbocycles.